The molecule has 0 aliphatic heterocycles. The Kier molecular flexibility index (Phi) is 6.53. The van der Waals surface area contributed by atoms with Crippen LogP contribution in [0, 0.1) is 0 Å². The van der Waals surface area contributed by atoms with Gasteiger partial charge < -0.3 is 4.42 Å². The summed E-state index contributed by atoms with van der Waals surface area (Å²) in [6.07, 6.45) is 0. The first-order valence-electron chi connectivity index (χ1n) is 15.8. The summed E-state index contributed by atoms with van der Waals surface area (Å²) in [5.41, 5.74) is 9.08. The molecule has 1 heterocycles. The Hall–Kier alpha value is -5.34. The van der Waals surface area contributed by atoms with Crippen molar-refractivity contribution in [2.24, 2.45) is 0 Å². The molecule has 0 N–H and O–H groups in total. The molecule has 0 aliphatic carbocycles. The fourth-order valence-electron chi connectivity index (χ4n) is 7.47. The van der Waals surface area contributed by atoms with Crippen LogP contribution in [0.15, 0.2) is 132 Å². The van der Waals surface area contributed by atoms with Gasteiger partial charge in [0, 0.05) is 10.8 Å². The average Bonchev–Trinajstić information content (AvgIpc) is 3.51. The van der Waals surface area contributed by atoms with Gasteiger partial charge in [-0.25, -0.2) is 0 Å². The lowest BCUT2D eigenvalue weighted by Crippen LogP contribution is -2.55. The van der Waals surface area contributed by atoms with E-state index in [9.17, 15) is 0 Å². The molecule has 0 bridgehead atoms. The molecule has 1 aromatic heterocycles. The molecule has 0 saturated heterocycles. The van der Waals surface area contributed by atoms with Gasteiger partial charge in [0.15, 0.2) is 0 Å². The molecular weight excluding hydrogens is 575 g/mol. The van der Waals surface area contributed by atoms with Gasteiger partial charge in [-0.05, 0) is 83.9 Å². The van der Waals surface area contributed by atoms with Crippen LogP contribution < -0.4 is 27.3 Å². The highest BCUT2D eigenvalue weighted by molar-refractivity contribution is 6.69. The monoisotopic (exact) mass is 596 g/mol. The van der Waals surface area contributed by atoms with Gasteiger partial charge >= 0.3 is 0 Å². The number of hydrogen-bond acceptors (Lipinski definition) is 1. The zero-order valence-corrected chi connectivity index (χ0v) is 25.9. The zero-order chi connectivity index (χ0) is 32.7. The smallest absolute Gasteiger partial charge is 0.135 e. The molecule has 0 atom stereocenters. The molecule has 6 heteroatoms. The Bertz CT molecular complexity index is 2710. The molecule has 0 fully saturated rings. The Morgan fingerprint density at radius 2 is 0.750 bits per heavy atom. The van der Waals surface area contributed by atoms with Crippen molar-refractivity contribution in [1.29, 1.82) is 0 Å². The second-order valence-corrected chi connectivity index (χ2v) is 12.3. The number of furan rings is 1. The SMILES string of the molecule is [B]c1c([B])c([B])c(-c2c3ccccc3c(-c3ccc(-c4ccc5oc6ccccc6c5c4)c4ccccc34)c3ccccc23)c([B])c1[B]. The quantitative estimate of drug-likeness (QED) is 0.180. The summed E-state index contributed by atoms with van der Waals surface area (Å²) in [5, 5.41) is 8.61. The fraction of sp³-hybridized carbons (Fsp3) is 0. The number of para-hydroxylation sites is 1. The van der Waals surface area contributed by atoms with Gasteiger partial charge in [0.2, 0.25) is 0 Å². The molecule has 0 spiro atoms. The van der Waals surface area contributed by atoms with Gasteiger partial charge in [-0.3, -0.25) is 0 Å². The molecule has 0 saturated carbocycles. The van der Waals surface area contributed by atoms with Crippen molar-refractivity contribution >= 4 is 121 Å². The first-order valence-corrected chi connectivity index (χ1v) is 15.8. The van der Waals surface area contributed by atoms with Crippen molar-refractivity contribution in [2.75, 3.05) is 0 Å². The molecule has 10 radical (unpaired) electrons. The Labute approximate surface area is 285 Å². The summed E-state index contributed by atoms with van der Waals surface area (Å²) in [4.78, 5) is 0. The van der Waals surface area contributed by atoms with Crippen molar-refractivity contribution in [3.05, 3.63) is 127 Å². The molecular formula is C42H21B5O. The molecule has 9 aromatic rings. The van der Waals surface area contributed by atoms with E-state index in [1.807, 2.05) is 30.3 Å². The summed E-state index contributed by atoms with van der Waals surface area (Å²) in [7, 11) is 32.3. The fourth-order valence-corrected chi connectivity index (χ4v) is 7.47. The zero-order valence-electron chi connectivity index (χ0n) is 25.9. The standard InChI is InChI=1S/C42H21B5O/c43-38-37(39(44)41(46)42(47)40(38)45)36-29-14-5-3-12-27(29)35(28-13-4-6-15-30(28)36)31-19-18-23(24-9-1-2-10-25(24)31)22-17-20-34-32(21-22)26-11-7-8-16-33(26)48-34/h1-21H. The van der Waals surface area contributed by atoms with E-state index in [1.54, 1.807) is 0 Å². The highest BCUT2D eigenvalue weighted by Gasteiger charge is 2.22. The minimum absolute atomic E-state index is 0.200. The maximum atomic E-state index is 6.67. The van der Waals surface area contributed by atoms with Crippen LogP contribution in [0.2, 0.25) is 0 Å². The third kappa shape index (κ3) is 4.12. The molecule has 8 aromatic carbocycles. The summed E-state index contributed by atoms with van der Waals surface area (Å²) in [5.74, 6) is 0. The summed E-state index contributed by atoms with van der Waals surface area (Å²) < 4.78 is 6.13. The van der Waals surface area contributed by atoms with E-state index in [1.165, 1.54) is 0 Å². The molecule has 0 amide bonds. The third-order valence-corrected chi connectivity index (χ3v) is 9.76. The predicted molar refractivity (Wildman–Crippen MR) is 209 cm³/mol. The minimum Gasteiger partial charge on any atom is -0.456 e. The van der Waals surface area contributed by atoms with Crippen LogP contribution in [0.3, 0.4) is 0 Å². The Morgan fingerprint density at radius 1 is 0.312 bits per heavy atom. The highest BCUT2D eigenvalue weighted by atomic mass is 16.3. The normalized spacial score (nSPS) is 11.8. The van der Waals surface area contributed by atoms with Crippen LogP contribution in [0.1, 0.15) is 0 Å². The highest BCUT2D eigenvalue weighted by Crippen LogP contribution is 2.46. The van der Waals surface area contributed by atoms with Gasteiger partial charge in [0.1, 0.15) is 50.4 Å². The number of fused-ring (bicyclic) bond motifs is 6. The van der Waals surface area contributed by atoms with E-state index < -0.39 is 0 Å². The topological polar surface area (TPSA) is 13.1 Å². The Balaban J connectivity index is 1.35. The molecule has 0 unspecified atom stereocenters. The molecule has 0 aliphatic rings. The van der Waals surface area contributed by atoms with E-state index >= 15 is 0 Å². The van der Waals surface area contributed by atoms with Crippen molar-refractivity contribution in [3.8, 4) is 33.4 Å². The first-order chi connectivity index (χ1) is 23.4. The van der Waals surface area contributed by atoms with E-state index in [-0.39, 0.29) is 16.4 Å². The third-order valence-electron chi connectivity index (χ3n) is 9.76. The Morgan fingerprint density at radius 3 is 1.35 bits per heavy atom. The van der Waals surface area contributed by atoms with Crippen LogP contribution in [0.25, 0.3) is 87.6 Å². The van der Waals surface area contributed by atoms with Crippen LogP contribution in [0.4, 0.5) is 0 Å². The van der Waals surface area contributed by atoms with Gasteiger partial charge in [-0.2, -0.15) is 0 Å². The lowest BCUT2D eigenvalue weighted by molar-refractivity contribution is 0.669. The van der Waals surface area contributed by atoms with Gasteiger partial charge in [0.25, 0.3) is 0 Å². The van der Waals surface area contributed by atoms with Gasteiger partial charge in [-0.1, -0.05) is 120 Å². The van der Waals surface area contributed by atoms with Crippen molar-refractivity contribution < 1.29 is 4.42 Å². The van der Waals surface area contributed by atoms with Crippen molar-refractivity contribution in [3.63, 3.8) is 0 Å². The number of rotatable bonds is 3. The van der Waals surface area contributed by atoms with Crippen LogP contribution >= 0.6 is 0 Å². The summed E-state index contributed by atoms with van der Waals surface area (Å²) in [6, 6.07) is 44.4. The van der Waals surface area contributed by atoms with E-state index in [0.29, 0.717) is 16.5 Å². The van der Waals surface area contributed by atoms with Crippen LogP contribution in [-0.2, 0) is 0 Å². The largest absolute Gasteiger partial charge is 0.456 e. The first kappa shape index (κ1) is 28.9. The second kappa shape index (κ2) is 10.9. The maximum absolute atomic E-state index is 6.67. The summed E-state index contributed by atoms with van der Waals surface area (Å²) >= 11 is 0. The van der Waals surface area contributed by atoms with Crippen LogP contribution in [-0.4, -0.2) is 39.2 Å². The van der Waals surface area contributed by atoms with E-state index in [0.717, 1.165) is 82.1 Å². The molecule has 1 nitrogen and oxygen atoms in total. The van der Waals surface area contributed by atoms with Gasteiger partial charge in [0.05, 0.1) is 0 Å². The maximum Gasteiger partial charge on any atom is 0.135 e. The molecule has 210 valence electrons. The molecule has 9 rings (SSSR count). The average molecular weight is 596 g/mol. The van der Waals surface area contributed by atoms with Crippen molar-refractivity contribution in [1.82, 2.24) is 0 Å². The van der Waals surface area contributed by atoms with Crippen LogP contribution in [0.5, 0.6) is 0 Å². The molecule has 48 heavy (non-hydrogen) atoms. The van der Waals surface area contributed by atoms with E-state index in [2.05, 4.69) is 97.1 Å². The predicted octanol–water partition coefficient (Wildman–Crippen LogP) is 6.02. The number of benzene rings is 8. The van der Waals surface area contributed by atoms with Crippen molar-refractivity contribution in [2.45, 2.75) is 0 Å². The van der Waals surface area contributed by atoms with E-state index in [4.69, 9.17) is 43.6 Å². The number of hydrogen-bond donors (Lipinski definition) is 0. The lowest BCUT2D eigenvalue weighted by Gasteiger charge is -2.25. The lowest BCUT2D eigenvalue weighted by atomic mass is 9.59. The minimum atomic E-state index is 0.200. The van der Waals surface area contributed by atoms with Gasteiger partial charge in [-0.15, -0.1) is 16.4 Å². The summed E-state index contributed by atoms with van der Waals surface area (Å²) in [6.45, 7) is 0. The second-order valence-electron chi connectivity index (χ2n) is 12.3.